The molecule has 9 heteroatoms. The number of nitrogen functional groups attached to an aromatic ring is 1. The van der Waals surface area contributed by atoms with Gasteiger partial charge < -0.3 is 11.2 Å². The predicted molar refractivity (Wildman–Crippen MR) is 91.9 cm³/mol. The molecule has 0 saturated carbocycles. The molecule has 1 heterocycles. The summed E-state index contributed by atoms with van der Waals surface area (Å²) in [5.74, 6) is 3.40. The van der Waals surface area contributed by atoms with Gasteiger partial charge in [0.05, 0.1) is 22.3 Å². The number of halogens is 2. The molecule has 0 saturated heterocycles. The smallest absolute Gasteiger partial charge is 0.280 e. The number of carbonyl (C=O) groups is 1. The van der Waals surface area contributed by atoms with Crippen molar-refractivity contribution < 1.29 is 13.6 Å². The number of hydrogen-bond donors (Lipinski definition) is 2. The lowest BCUT2D eigenvalue weighted by atomic mass is 10.2. The zero-order valence-corrected chi connectivity index (χ0v) is 13.5. The van der Waals surface area contributed by atoms with E-state index in [2.05, 4.69) is 10.3 Å². The van der Waals surface area contributed by atoms with Crippen molar-refractivity contribution in [3.63, 3.8) is 0 Å². The fourth-order valence-electron chi connectivity index (χ4n) is 2.13. The Bertz CT molecular complexity index is 1020. The van der Waals surface area contributed by atoms with E-state index < -0.39 is 23.1 Å². The number of nitrogens with one attached hydrogen (secondary N) is 1. The summed E-state index contributed by atoms with van der Waals surface area (Å²) in [7, 11) is 0. The van der Waals surface area contributed by atoms with Crippen LogP contribution in [-0.2, 0) is 4.79 Å². The van der Waals surface area contributed by atoms with Crippen LogP contribution < -0.4 is 16.7 Å². The van der Waals surface area contributed by atoms with E-state index in [-0.39, 0.29) is 16.6 Å². The van der Waals surface area contributed by atoms with E-state index in [9.17, 15) is 18.4 Å². The number of nitrogens with zero attached hydrogens (tertiary/aromatic N) is 2. The van der Waals surface area contributed by atoms with Crippen LogP contribution >= 0.6 is 11.8 Å². The average Bonchev–Trinajstić information content (AvgIpc) is 2.59. The SMILES string of the molecule is Nn1c(SCC(=O)Nc2ccc(F)cc2F)nc2ccccc2c1=O. The molecule has 1 amide bonds. The fourth-order valence-corrected chi connectivity index (χ4v) is 2.85. The number of aromatic nitrogens is 2. The van der Waals surface area contributed by atoms with Gasteiger partial charge in [-0.25, -0.2) is 18.4 Å². The number of fused-ring (bicyclic) bond motifs is 1. The Hall–Kier alpha value is -2.94. The van der Waals surface area contributed by atoms with E-state index in [1.54, 1.807) is 24.3 Å². The van der Waals surface area contributed by atoms with Gasteiger partial charge in [-0.1, -0.05) is 23.9 Å². The minimum Gasteiger partial charge on any atom is -0.334 e. The first kappa shape index (κ1) is 16.9. The standard InChI is InChI=1S/C16H12F2N4O2S/c17-9-5-6-13(11(18)7-9)20-14(23)8-25-16-21-12-4-2-1-3-10(12)15(24)22(16)19/h1-7H,8,19H2,(H,20,23). The molecular formula is C16H12F2N4O2S. The van der Waals surface area contributed by atoms with E-state index in [4.69, 9.17) is 5.84 Å². The summed E-state index contributed by atoms with van der Waals surface area (Å²) in [6.45, 7) is 0. The van der Waals surface area contributed by atoms with Gasteiger partial charge >= 0.3 is 0 Å². The molecule has 3 aromatic rings. The molecule has 25 heavy (non-hydrogen) atoms. The predicted octanol–water partition coefficient (Wildman–Crippen LogP) is 2.12. The second-order valence-electron chi connectivity index (χ2n) is 5.05. The van der Waals surface area contributed by atoms with Crippen molar-refractivity contribution >= 4 is 34.3 Å². The largest absolute Gasteiger partial charge is 0.334 e. The van der Waals surface area contributed by atoms with Gasteiger partial charge in [0.15, 0.2) is 5.16 Å². The molecule has 0 bridgehead atoms. The molecule has 0 spiro atoms. The third-order valence-corrected chi connectivity index (χ3v) is 4.27. The summed E-state index contributed by atoms with van der Waals surface area (Å²) in [5.41, 5.74) is -0.108. The van der Waals surface area contributed by atoms with E-state index in [0.717, 1.165) is 28.6 Å². The van der Waals surface area contributed by atoms with Gasteiger partial charge in [0.25, 0.3) is 5.56 Å². The van der Waals surface area contributed by atoms with Crippen LogP contribution in [-0.4, -0.2) is 21.3 Å². The number of amides is 1. The third kappa shape index (κ3) is 3.61. The fraction of sp³-hybridized carbons (Fsp3) is 0.0625. The highest BCUT2D eigenvalue weighted by Crippen LogP contribution is 2.18. The van der Waals surface area contributed by atoms with Gasteiger partial charge in [-0.05, 0) is 24.3 Å². The normalized spacial score (nSPS) is 10.8. The number of carbonyl (C=O) groups excluding carboxylic acids is 1. The number of rotatable bonds is 4. The van der Waals surface area contributed by atoms with Crippen molar-refractivity contribution in [2.75, 3.05) is 16.9 Å². The number of thioether (sulfide) groups is 1. The number of anilines is 1. The quantitative estimate of drug-likeness (QED) is 0.422. The van der Waals surface area contributed by atoms with Gasteiger partial charge in [-0.15, -0.1) is 0 Å². The van der Waals surface area contributed by atoms with E-state index in [1.165, 1.54) is 0 Å². The summed E-state index contributed by atoms with van der Waals surface area (Å²) in [6.07, 6.45) is 0. The molecule has 3 N–H and O–H groups in total. The van der Waals surface area contributed by atoms with Crippen molar-refractivity contribution in [1.29, 1.82) is 0 Å². The highest BCUT2D eigenvalue weighted by molar-refractivity contribution is 7.99. The van der Waals surface area contributed by atoms with E-state index in [0.29, 0.717) is 17.0 Å². The molecular weight excluding hydrogens is 350 g/mol. The lowest BCUT2D eigenvalue weighted by molar-refractivity contribution is -0.113. The van der Waals surface area contributed by atoms with Crippen molar-refractivity contribution in [2.24, 2.45) is 0 Å². The average molecular weight is 362 g/mol. The molecule has 0 radical (unpaired) electrons. The second-order valence-corrected chi connectivity index (χ2v) is 5.99. The highest BCUT2D eigenvalue weighted by Gasteiger charge is 2.13. The van der Waals surface area contributed by atoms with Crippen LogP contribution in [0.1, 0.15) is 0 Å². The topological polar surface area (TPSA) is 90.0 Å². The van der Waals surface area contributed by atoms with Crippen molar-refractivity contribution in [3.05, 3.63) is 64.5 Å². The number of hydrogen-bond acceptors (Lipinski definition) is 5. The van der Waals surface area contributed by atoms with Crippen molar-refractivity contribution in [3.8, 4) is 0 Å². The Morgan fingerprint density at radius 2 is 2.00 bits per heavy atom. The van der Waals surface area contributed by atoms with Gasteiger partial charge in [-0.3, -0.25) is 9.59 Å². The summed E-state index contributed by atoms with van der Waals surface area (Å²) >= 11 is 0.931. The minimum atomic E-state index is -0.877. The minimum absolute atomic E-state index is 0.136. The number of para-hydroxylation sites is 1. The molecule has 1 aromatic heterocycles. The van der Waals surface area contributed by atoms with Crippen LogP contribution in [0.5, 0.6) is 0 Å². The molecule has 3 rings (SSSR count). The first-order valence-electron chi connectivity index (χ1n) is 7.10. The van der Waals surface area contributed by atoms with Crippen molar-refractivity contribution in [1.82, 2.24) is 9.66 Å². The molecule has 0 aliphatic carbocycles. The van der Waals surface area contributed by atoms with Crippen LogP contribution in [0.2, 0.25) is 0 Å². The summed E-state index contributed by atoms with van der Waals surface area (Å²) < 4.78 is 27.2. The monoisotopic (exact) mass is 362 g/mol. The van der Waals surface area contributed by atoms with Crippen LogP contribution in [0.4, 0.5) is 14.5 Å². The zero-order chi connectivity index (χ0) is 18.0. The van der Waals surface area contributed by atoms with Gasteiger partial charge in [0, 0.05) is 6.07 Å². The molecule has 2 aromatic carbocycles. The first-order chi connectivity index (χ1) is 12.0. The molecule has 6 nitrogen and oxygen atoms in total. The number of benzene rings is 2. The third-order valence-electron chi connectivity index (χ3n) is 3.31. The molecule has 128 valence electrons. The maximum absolute atomic E-state index is 13.5. The van der Waals surface area contributed by atoms with Gasteiger partial charge in [0.2, 0.25) is 5.91 Å². The summed E-state index contributed by atoms with van der Waals surface area (Å²) in [4.78, 5) is 28.3. The Morgan fingerprint density at radius 1 is 1.24 bits per heavy atom. The first-order valence-corrected chi connectivity index (χ1v) is 8.09. The summed E-state index contributed by atoms with van der Waals surface area (Å²) in [5, 5.41) is 2.84. The lowest BCUT2D eigenvalue weighted by Gasteiger charge is -2.09. The zero-order valence-electron chi connectivity index (χ0n) is 12.7. The Morgan fingerprint density at radius 3 is 2.76 bits per heavy atom. The summed E-state index contributed by atoms with van der Waals surface area (Å²) in [6, 6.07) is 9.53. The molecule has 0 aliphatic heterocycles. The maximum atomic E-state index is 13.5. The van der Waals surface area contributed by atoms with Crippen LogP contribution in [0.15, 0.2) is 52.4 Å². The maximum Gasteiger partial charge on any atom is 0.280 e. The van der Waals surface area contributed by atoms with Crippen LogP contribution in [0, 0.1) is 11.6 Å². The molecule has 0 atom stereocenters. The second kappa shape index (κ2) is 6.89. The van der Waals surface area contributed by atoms with Crippen molar-refractivity contribution in [2.45, 2.75) is 5.16 Å². The van der Waals surface area contributed by atoms with Crippen LogP contribution in [0.25, 0.3) is 10.9 Å². The molecule has 0 aliphatic rings. The van der Waals surface area contributed by atoms with E-state index >= 15 is 0 Å². The Balaban J connectivity index is 1.75. The molecule has 0 fully saturated rings. The van der Waals surface area contributed by atoms with Gasteiger partial charge in [0.1, 0.15) is 11.6 Å². The highest BCUT2D eigenvalue weighted by atomic mass is 32.2. The number of nitrogens with two attached hydrogens (primary N) is 1. The molecule has 0 unspecified atom stereocenters. The van der Waals surface area contributed by atoms with Gasteiger partial charge in [-0.2, -0.15) is 0 Å². The van der Waals surface area contributed by atoms with Crippen LogP contribution in [0.3, 0.4) is 0 Å². The lowest BCUT2D eigenvalue weighted by Crippen LogP contribution is -2.30. The Kier molecular flexibility index (Phi) is 4.66. The van der Waals surface area contributed by atoms with E-state index in [1.807, 2.05) is 0 Å². The Labute approximate surface area is 144 Å².